The zero-order chi connectivity index (χ0) is 13.1. The second-order valence-electron chi connectivity index (χ2n) is 3.43. The molecule has 7 heteroatoms. The van der Waals surface area contributed by atoms with Gasteiger partial charge in [-0.3, -0.25) is 9.89 Å². The molecule has 2 rings (SSSR count). The van der Waals surface area contributed by atoms with Crippen LogP contribution in [0.15, 0.2) is 34.8 Å². The Morgan fingerprint density at radius 2 is 1.94 bits per heavy atom. The SMILES string of the molecule is O=C(Nc1cc(C(=O)O)[nH]n1)c1ccc(Br)cc1. The number of aromatic amines is 1. The third-order valence-electron chi connectivity index (χ3n) is 2.16. The number of rotatable bonds is 3. The van der Waals surface area contributed by atoms with E-state index in [1.807, 2.05) is 0 Å². The number of carboxylic acid groups (broad SMARTS) is 1. The molecule has 18 heavy (non-hydrogen) atoms. The highest BCUT2D eigenvalue weighted by molar-refractivity contribution is 9.10. The zero-order valence-electron chi connectivity index (χ0n) is 8.98. The lowest BCUT2D eigenvalue weighted by Crippen LogP contribution is -2.11. The molecule has 0 atom stereocenters. The number of halogens is 1. The smallest absolute Gasteiger partial charge is 0.353 e. The van der Waals surface area contributed by atoms with Crippen molar-refractivity contribution in [2.45, 2.75) is 0 Å². The van der Waals surface area contributed by atoms with Crippen molar-refractivity contribution in [3.05, 3.63) is 46.1 Å². The molecule has 0 saturated carbocycles. The van der Waals surface area contributed by atoms with Crippen molar-refractivity contribution in [1.29, 1.82) is 0 Å². The normalized spacial score (nSPS) is 10.1. The number of nitrogens with one attached hydrogen (secondary N) is 2. The molecule has 0 radical (unpaired) electrons. The monoisotopic (exact) mass is 309 g/mol. The van der Waals surface area contributed by atoms with E-state index in [1.165, 1.54) is 6.07 Å². The molecule has 0 aliphatic carbocycles. The first kappa shape index (κ1) is 12.3. The van der Waals surface area contributed by atoms with Crippen LogP contribution < -0.4 is 5.32 Å². The molecular formula is C11H8BrN3O3. The van der Waals surface area contributed by atoms with Gasteiger partial charge in [-0.05, 0) is 24.3 Å². The Kier molecular flexibility index (Phi) is 3.42. The molecule has 0 aliphatic rings. The van der Waals surface area contributed by atoms with Crippen LogP contribution in [0.5, 0.6) is 0 Å². The Hall–Kier alpha value is -2.15. The highest BCUT2D eigenvalue weighted by Gasteiger charge is 2.11. The number of benzene rings is 1. The molecule has 1 heterocycles. The van der Waals surface area contributed by atoms with Crippen LogP contribution in [0.2, 0.25) is 0 Å². The molecule has 0 saturated heterocycles. The number of hydrogen-bond acceptors (Lipinski definition) is 3. The number of H-pyrrole nitrogens is 1. The van der Waals surface area contributed by atoms with Crippen LogP contribution in [-0.2, 0) is 0 Å². The molecule has 0 bridgehead atoms. The van der Waals surface area contributed by atoms with Gasteiger partial charge < -0.3 is 10.4 Å². The van der Waals surface area contributed by atoms with E-state index in [0.717, 1.165) is 4.47 Å². The summed E-state index contributed by atoms with van der Waals surface area (Å²) in [7, 11) is 0. The topological polar surface area (TPSA) is 95.1 Å². The minimum absolute atomic E-state index is 0.0823. The van der Waals surface area contributed by atoms with Crippen molar-refractivity contribution >= 4 is 33.6 Å². The third-order valence-corrected chi connectivity index (χ3v) is 2.68. The maximum Gasteiger partial charge on any atom is 0.353 e. The van der Waals surface area contributed by atoms with Gasteiger partial charge in [0.1, 0.15) is 5.69 Å². The van der Waals surface area contributed by atoms with Crippen molar-refractivity contribution in [2.24, 2.45) is 0 Å². The van der Waals surface area contributed by atoms with Gasteiger partial charge in [0.15, 0.2) is 5.82 Å². The second-order valence-corrected chi connectivity index (χ2v) is 4.35. The summed E-state index contributed by atoms with van der Waals surface area (Å²) in [6.07, 6.45) is 0. The summed E-state index contributed by atoms with van der Waals surface area (Å²) < 4.78 is 0.868. The average Bonchev–Trinajstić information content (AvgIpc) is 2.78. The van der Waals surface area contributed by atoms with Crippen molar-refractivity contribution in [2.75, 3.05) is 5.32 Å². The lowest BCUT2D eigenvalue weighted by atomic mass is 10.2. The summed E-state index contributed by atoms with van der Waals surface area (Å²) >= 11 is 3.27. The number of aromatic carboxylic acids is 1. The molecule has 92 valence electrons. The predicted molar refractivity (Wildman–Crippen MR) is 67.6 cm³/mol. The van der Waals surface area contributed by atoms with E-state index in [4.69, 9.17) is 5.11 Å². The Labute approximate surface area is 110 Å². The maximum atomic E-state index is 11.8. The molecule has 3 N–H and O–H groups in total. The molecule has 0 spiro atoms. The first-order valence-corrected chi connectivity index (χ1v) is 5.71. The minimum atomic E-state index is -1.13. The van der Waals surface area contributed by atoms with Gasteiger partial charge in [-0.15, -0.1) is 0 Å². The number of anilines is 1. The van der Waals surface area contributed by atoms with Gasteiger partial charge in [0.2, 0.25) is 0 Å². The van der Waals surface area contributed by atoms with Crippen LogP contribution >= 0.6 is 15.9 Å². The minimum Gasteiger partial charge on any atom is -0.477 e. The highest BCUT2D eigenvalue weighted by atomic mass is 79.9. The summed E-state index contributed by atoms with van der Waals surface area (Å²) in [6.45, 7) is 0. The Balaban J connectivity index is 2.11. The maximum absolute atomic E-state index is 11.8. The lowest BCUT2D eigenvalue weighted by Gasteiger charge is -2.01. The fourth-order valence-electron chi connectivity index (χ4n) is 1.29. The van der Waals surface area contributed by atoms with E-state index in [-0.39, 0.29) is 17.4 Å². The van der Waals surface area contributed by atoms with Crippen molar-refractivity contribution in [3.63, 3.8) is 0 Å². The molecule has 1 amide bonds. The molecule has 6 nitrogen and oxygen atoms in total. The lowest BCUT2D eigenvalue weighted by molar-refractivity contribution is 0.0690. The predicted octanol–water partition coefficient (Wildman–Crippen LogP) is 2.12. The molecule has 0 aliphatic heterocycles. The molecule has 1 aromatic heterocycles. The van der Waals surface area contributed by atoms with E-state index in [0.29, 0.717) is 5.56 Å². The first-order chi connectivity index (χ1) is 8.56. The average molecular weight is 310 g/mol. The number of carboxylic acids is 1. The summed E-state index contributed by atoms with van der Waals surface area (Å²) in [5.74, 6) is -1.32. The van der Waals surface area contributed by atoms with Gasteiger partial charge >= 0.3 is 5.97 Å². The summed E-state index contributed by atoms with van der Waals surface area (Å²) in [6, 6.07) is 8.01. The number of amides is 1. The first-order valence-electron chi connectivity index (χ1n) is 4.92. The van der Waals surface area contributed by atoms with Crippen LogP contribution in [0.3, 0.4) is 0 Å². The number of carbonyl (C=O) groups excluding carboxylic acids is 1. The summed E-state index contributed by atoms with van der Waals surface area (Å²) in [5.41, 5.74) is 0.374. The summed E-state index contributed by atoms with van der Waals surface area (Å²) in [4.78, 5) is 22.4. The van der Waals surface area contributed by atoms with E-state index in [2.05, 4.69) is 31.4 Å². The van der Waals surface area contributed by atoms with Crippen molar-refractivity contribution in [1.82, 2.24) is 10.2 Å². The van der Waals surface area contributed by atoms with Gasteiger partial charge in [0, 0.05) is 16.1 Å². The van der Waals surface area contributed by atoms with Crippen LogP contribution in [0.4, 0.5) is 5.82 Å². The zero-order valence-corrected chi connectivity index (χ0v) is 10.6. The van der Waals surface area contributed by atoms with E-state index < -0.39 is 5.97 Å². The van der Waals surface area contributed by atoms with Crippen LogP contribution in [0.25, 0.3) is 0 Å². The van der Waals surface area contributed by atoms with Gasteiger partial charge in [0.25, 0.3) is 5.91 Å². The second kappa shape index (κ2) is 5.01. The van der Waals surface area contributed by atoms with E-state index in [1.54, 1.807) is 24.3 Å². The Morgan fingerprint density at radius 1 is 1.28 bits per heavy atom. The van der Waals surface area contributed by atoms with Crippen molar-refractivity contribution < 1.29 is 14.7 Å². The standard InChI is InChI=1S/C11H8BrN3O3/c12-7-3-1-6(2-4-7)10(16)13-9-5-8(11(17)18)14-15-9/h1-5H,(H,17,18)(H2,13,14,15,16). The van der Waals surface area contributed by atoms with Gasteiger partial charge in [-0.1, -0.05) is 15.9 Å². The van der Waals surface area contributed by atoms with Crippen LogP contribution in [0, 0.1) is 0 Å². The highest BCUT2D eigenvalue weighted by Crippen LogP contribution is 2.12. The Morgan fingerprint density at radius 3 is 2.50 bits per heavy atom. The Bertz CT molecular complexity index is 592. The number of carbonyl (C=O) groups is 2. The third kappa shape index (κ3) is 2.75. The summed E-state index contributed by atoms with van der Waals surface area (Å²) in [5, 5.41) is 17.2. The number of aromatic nitrogens is 2. The molecular weight excluding hydrogens is 302 g/mol. The number of hydrogen-bond donors (Lipinski definition) is 3. The molecule has 1 aromatic carbocycles. The van der Waals surface area contributed by atoms with Gasteiger partial charge in [-0.25, -0.2) is 4.79 Å². The van der Waals surface area contributed by atoms with Gasteiger partial charge in [0.05, 0.1) is 0 Å². The van der Waals surface area contributed by atoms with Crippen molar-refractivity contribution in [3.8, 4) is 0 Å². The fourth-order valence-corrected chi connectivity index (χ4v) is 1.55. The van der Waals surface area contributed by atoms with Crippen LogP contribution in [-0.4, -0.2) is 27.2 Å². The van der Waals surface area contributed by atoms with E-state index >= 15 is 0 Å². The molecule has 0 fully saturated rings. The quantitative estimate of drug-likeness (QED) is 0.809. The molecule has 2 aromatic rings. The largest absolute Gasteiger partial charge is 0.477 e. The fraction of sp³-hybridized carbons (Fsp3) is 0. The van der Waals surface area contributed by atoms with E-state index in [9.17, 15) is 9.59 Å². The van der Waals surface area contributed by atoms with Crippen LogP contribution in [0.1, 0.15) is 20.8 Å². The van der Waals surface area contributed by atoms with Gasteiger partial charge in [-0.2, -0.15) is 5.10 Å². The number of nitrogens with zero attached hydrogens (tertiary/aromatic N) is 1. The molecule has 0 unspecified atom stereocenters.